The number of methoxy groups -OCH3 is 1. The van der Waals surface area contributed by atoms with E-state index < -0.39 is 0 Å². The monoisotopic (exact) mass is 346 g/mol. The maximum Gasteiger partial charge on any atom is 0.337 e. The van der Waals surface area contributed by atoms with E-state index >= 15 is 0 Å². The van der Waals surface area contributed by atoms with Crippen molar-refractivity contribution in [2.24, 2.45) is 0 Å². The van der Waals surface area contributed by atoms with Crippen LogP contribution in [0.5, 0.6) is 0 Å². The van der Waals surface area contributed by atoms with Gasteiger partial charge in [-0.25, -0.2) is 4.79 Å². The van der Waals surface area contributed by atoms with Crippen molar-refractivity contribution in [3.05, 3.63) is 58.1 Å². The van der Waals surface area contributed by atoms with E-state index in [1.54, 1.807) is 6.07 Å². The smallest absolute Gasteiger partial charge is 0.337 e. The molecule has 0 aliphatic heterocycles. The minimum atomic E-state index is -0.330. The van der Waals surface area contributed by atoms with Gasteiger partial charge in [0.05, 0.1) is 12.7 Å². The molecule has 2 aromatic rings. The number of hydrogen-bond acceptors (Lipinski definition) is 2. The molecule has 2 aromatic carbocycles. The van der Waals surface area contributed by atoms with Gasteiger partial charge in [0.25, 0.3) is 0 Å². The lowest BCUT2D eigenvalue weighted by Gasteiger charge is -2.19. The first-order valence-electron chi connectivity index (χ1n) is 6.81. The third kappa shape index (κ3) is 3.73. The van der Waals surface area contributed by atoms with Crippen LogP contribution in [0.3, 0.4) is 0 Å². The van der Waals surface area contributed by atoms with Crippen LogP contribution in [-0.4, -0.2) is 13.1 Å². The van der Waals surface area contributed by atoms with E-state index in [0.717, 1.165) is 15.6 Å². The maximum atomic E-state index is 11.7. The lowest BCUT2D eigenvalue weighted by Crippen LogP contribution is -2.10. The Hall–Kier alpha value is -1.61. The van der Waals surface area contributed by atoms with E-state index in [4.69, 9.17) is 4.74 Å². The van der Waals surface area contributed by atoms with E-state index in [0.29, 0.717) is 5.56 Å². The largest absolute Gasteiger partial charge is 0.465 e. The van der Waals surface area contributed by atoms with E-state index in [2.05, 4.69) is 61.0 Å². The fraction of sp³-hybridized carbons (Fsp3) is 0.278. The SMILES string of the molecule is COC(=O)c1cc(Br)cc(-c2ccc(C(C)(C)C)cc2)c1. The van der Waals surface area contributed by atoms with Crippen molar-refractivity contribution in [2.75, 3.05) is 7.11 Å². The van der Waals surface area contributed by atoms with Gasteiger partial charge in [-0.15, -0.1) is 0 Å². The van der Waals surface area contributed by atoms with Gasteiger partial charge in [0.15, 0.2) is 0 Å². The van der Waals surface area contributed by atoms with Gasteiger partial charge in [-0.3, -0.25) is 0 Å². The summed E-state index contributed by atoms with van der Waals surface area (Å²) in [6.45, 7) is 6.57. The van der Waals surface area contributed by atoms with Crippen LogP contribution in [0.1, 0.15) is 36.7 Å². The highest BCUT2D eigenvalue weighted by atomic mass is 79.9. The Morgan fingerprint density at radius 1 is 1.00 bits per heavy atom. The molecule has 2 nitrogen and oxygen atoms in total. The number of hydrogen-bond donors (Lipinski definition) is 0. The lowest BCUT2D eigenvalue weighted by atomic mass is 9.86. The second-order valence-corrected chi connectivity index (χ2v) is 6.96. The second-order valence-electron chi connectivity index (χ2n) is 6.05. The first-order chi connectivity index (χ1) is 9.81. The van der Waals surface area contributed by atoms with Crippen LogP contribution in [0, 0.1) is 0 Å². The third-order valence-corrected chi connectivity index (χ3v) is 3.86. The molecule has 0 radical (unpaired) electrons. The molecule has 0 aliphatic rings. The van der Waals surface area contributed by atoms with Crippen LogP contribution in [0.4, 0.5) is 0 Å². The molecule has 0 amide bonds. The van der Waals surface area contributed by atoms with Crippen LogP contribution in [0.2, 0.25) is 0 Å². The zero-order valence-electron chi connectivity index (χ0n) is 12.7. The van der Waals surface area contributed by atoms with Crippen molar-refractivity contribution in [1.29, 1.82) is 0 Å². The van der Waals surface area contributed by atoms with Crippen molar-refractivity contribution >= 4 is 21.9 Å². The number of benzene rings is 2. The van der Waals surface area contributed by atoms with Crippen LogP contribution in [0.25, 0.3) is 11.1 Å². The molecule has 0 spiro atoms. The number of carbonyl (C=O) groups is 1. The number of ether oxygens (including phenoxy) is 1. The van der Waals surface area contributed by atoms with Crippen LogP contribution >= 0.6 is 15.9 Å². The molecule has 0 atom stereocenters. The van der Waals surface area contributed by atoms with E-state index in [1.165, 1.54) is 12.7 Å². The summed E-state index contributed by atoms with van der Waals surface area (Å²) in [6.07, 6.45) is 0. The van der Waals surface area contributed by atoms with Crippen molar-refractivity contribution in [3.63, 3.8) is 0 Å². The van der Waals surface area contributed by atoms with Crippen molar-refractivity contribution in [3.8, 4) is 11.1 Å². The van der Waals surface area contributed by atoms with Gasteiger partial charge >= 0.3 is 5.97 Å². The van der Waals surface area contributed by atoms with Crippen LogP contribution < -0.4 is 0 Å². The molecule has 0 saturated carbocycles. The first kappa shape index (κ1) is 15.8. The topological polar surface area (TPSA) is 26.3 Å². The van der Waals surface area contributed by atoms with E-state index in [9.17, 15) is 4.79 Å². The molecule has 0 fully saturated rings. The molecule has 0 aromatic heterocycles. The first-order valence-corrected chi connectivity index (χ1v) is 7.60. The number of esters is 1. The fourth-order valence-electron chi connectivity index (χ4n) is 2.15. The quantitative estimate of drug-likeness (QED) is 0.698. The molecule has 3 heteroatoms. The molecule has 2 rings (SSSR count). The van der Waals surface area contributed by atoms with Gasteiger partial charge in [-0.2, -0.15) is 0 Å². The summed E-state index contributed by atoms with van der Waals surface area (Å²) in [5, 5.41) is 0. The number of halogens is 1. The standard InChI is InChI=1S/C18H19BrO2/c1-18(2,3)15-7-5-12(6-8-15)13-9-14(17(20)21-4)11-16(19)10-13/h5-11H,1-4H3. The third-order valence-electron chi connectivity index (χ3n) is 3.40. The normalized spacial score (nSPS) is 11.3. The van der Waals surface area contributed by atoms with Crippen molar-refractivity contribution in [1.82, 2.24) is 0 Å². The Bertz CT molecular complexity index is 652. The van der Waals surface area contributed by atoms with Crippen molar-refractivity contribution < 1.29 is 9.53 Å². The predicted octanol–water partition coefficient (Wildman–Crippen LogP) is 5.20. The minimum Gasteiger partial charge on any atom is -0.465 e. The molecule has 0 aliphatic carbocycles. The zero-order chi connectivity index (χ0) is 15.6. The molecule has 110 valence electrons. The second kappa shape index (κ2) is 6.02. The Kier molecular flexibility index (Phi) is 4.52. The Labute approximate surface area is 134 Å². The summed E-state index contributed by atoms with van der Waals surface area (Å²) in [5.41, 5.74) is 4.03. The van der Waals surface area contributed by atoms with Gasteiger partial charge < -0.3 is 4.74 Å². The molecule has 0 bridgehead atoms. The Morgan fingerprint density at radius 3 is 2.14 bits per heavy atom. The average molecular weight is 347 g/mol. The molecule has 21 heavy (non-hydrogen) atoms. The Balaban J connectivity index is 2.42. The number of rotatable bonds is 2. The molecule has 0 heterocycles. The summed E-state index contributed by atoms with van der Waals surface area (Å²) in [4.78, 5) is 11.7. The van der Waals surface area contributed by atoms with Gasteiger partial charge in [0.1, 0.15) is 0 Å². The fourth-order valence-corrected chi connectivity index (χ4v) is 2.65. The van der Waals surface area contributed by atoms with E-state index in [-0.39, 0.29) is 11.4 Å². The molecular formula is C18H19BrO2. The highest BCUT2D eigenvalue weighted by molar-refractivity contribution is 9.10. The summed E-state index contributed by atoms with van der Waals surface area (Å²) >= 11 is 3.45. The summed E-state index contributed by atoms with van der Waals surface area (Å²) in [7, 11) is 1.39. The van der Waals surface area contributed by atoms with Crippen LogP contribution in [-0.2, 0) is 10.2 Å². The Morgan fingerprint density at radius 2 is 1.62 bits per heavy atom. The lowest BCUT2D eigenvalue weighted by molar-refractivity contribution is 0.0600. The molecular weight excluding hydrogens is 328 g/mol. The van der Waals surface area contributed by atoms with Gasteiger partial charge in [-0.1, -0.05) is 61.0 Å². The molecule has 0 saturated heterocycles. The zero-order valence-corrected chi connectivity index (χ0v) is 14.3. The van der Waals surface area contributed by atoms with Crippen molar-refractivity contribution in [2.45, 2.75) is 26.2 Å². The van der Waals surface area contributed by atoms with Gasteiger partial charge in [0.2, 0.25) is 0 Å². The molecule has 0 N–H and O–H groups in total. The summed E-state index contributed by atoms with van der Waals surface area (Å²) in [6, 6.07) is 14.1. The summed E-state index contributed by atoms with van der Waals surface area (Å²) < 4.78 is 5.65. The van der Waals surface area contributed by atoms with Gasteiger partial charge in [0, 0.05) is 4.47 Å². The maximum absolute atomic E-state index is 11.7. The molecule has 0 unspecified atom stereocenters. The summed E-state index contributed by atoms with van der Waals surface area (Å²) in [5.74, 6) is -0.330. The average Bonchev–Trinajstić information content (AvgIpc) is 2.45. The number of carbonyl (C=O) groups excluding carboxylic acids is 1. The van der Waals surface area contributed by atoms with Crippen LogP contribution in [0.15, 0.2) is 46.9 Å². The highest BCUT2D eigenvalue weighted by Gasteiger charge is 2.14. The predicted molar refractivity (Wildman–Crippen MR) is 89.6 cm³/mol. The highest BCUT2D eigenvalue weighted by Crippen LogP contribution is 2.28. The van der Waals surface area contributed by atoms with E-state index in [1.807, 2.05) is 12.1 Å². The minimum absolute atomic E-state index is 0.132. The van der Waals surface area contributed by atoms with Gasteiger partial charge in [-0.05, 0) is 40.3 Å².